The number of ether oxygens (including phenoxy) is 1. The Morgan fingerprint density at radius 3 is 2.58 bits per heavy atom. The van der Waals surface area contributed by atoms with Crippen molar-refractivity contribution in [1.29, 1.82) is 0 Å². The molecule has 0 radical (unpaired) electrons. The molecule has 12 heavy (non-hydrogen) atoms. The summed E-state index contributed by atoms with van der Waals surface area (Å²) in [4.78, 5) is 0. The van der Waals surface area contributed by atoms with E-state index in [2.05, 4.69) is 4.74 Å². The van der Waals surface area contributed by atoms with Crippen molar-refractivity contribution in [1.82, 2.24) is 0 Å². The maximum absolute atomic E-state index is 12.7. The summed E-state index contributed by atoms with van der Waals surface area (Å²) >= 11 is 0. The number of alkyl halides is 1. The second-order valence-electron chi connectivity index (χ2n) is 2.24. The van der Waals surface area contributed by atoms with Crippen LogP contribution in [0.1, 0.15) is 5.56 Å². The molecule has 1 aromatic rings. The second-order valence-corrected chi connectivity index (χ2v) is 2.24. The number of benzene rings is 1. The van der Waals surface area contributed by atoms with E-state index in [1.807, 2.05) is 0 Å². The van der Waals surface area contributed by atoms with Crippen molar-refractivity contribution in [2.45, 2.75) is 6.92 Å². The molecule has 0 N–H and O–H groups in total. The van der Waals surface area contributed by atoms with Crippen molar-refractivity contribution in [2.24, 2.45) is 0 Å². The van der Waals surface area contributed by atoms with Crippen molar-refractivity contribution in [3.05, 3.63) is 29.3 Å². The molecule has 0 spiro atoms. The standard InChI is InChI=1S/C8H7F3O/c1-5-7(12-4-9)3-2-6(10)8(5)11/h2-3H,4H2,1H3. The third kappa shape index (κ3) is 1.52. The average Bonchev–Trinajstić information content (AvgIpc) is 2.07. The highest BCUT2D eigenvalue weighted by Gasteiger charge is 2.09. The van der Waals surface area contributed by atoms with Crippen LogP contribution in [-0.2, 0) is 0 Å². The van der Waals surface area contributed by atoms with Crippen molar-refractivity contribution < 1.29 is 17.9 Å². The van der Waals surface area contributed by atoms with Gasteiger partial charge in [-0.25, -0.2) is 13.2 Å². The van der Waals surface area contributed by atoms with Crippen molar-refractivity contribution in [3.63, 3.8) is 0 Å². The molecule has 0 unspecified atom stereocenters. The zero-order valence-electron chi connectivity index (χ0n) is 6.40. The first-order valence-electron chi connectivity index (χ1n) is 3.30. The lowest BCUT2D eigenvalue weighted by Gasteiger charge is -2.05. The molecular formula is C8H7F3O. The highest BCUT2D eigenvalue weighted by atomic mass is 19.2. The normalized spacial score (nSPS) is 10.0. The van der Waals surface area contributed by atoms with Crippen LogP contribution in [0, 0.1) is 18.6 Å². The molecule has 1 aromatic carbocycles. The van der Waals surface area contributed by atoms with Gasteiger partial charge in [0, 0.05) is 5.56 Å². The van der Waals surface area contributed by atoms with E-state index in [1.54, 1.807) is 0 Å². The van der Waals surface area contributed by atoms with Gasteiger partial charge in [0.05, 0.1) is 0 Å². The minimum Gasteiger partial charge on any atom is -0.463 e. The Morgan fingerprint density at radius 2 is 2.00 bits per heavy atom. The number of hydrogen-bond acceptors (Lipinski definition) is 1. The van der Waals surface area contributed by atoms with Crippen LogP contribution in [-0.4, -0.2) is 6.86 Å². The first-order valence-corrected chi connectivity index (χ1v) is 3.30. The van der Waals surface area contributed by atoms with Gasteiger partial charge in [0.15, 0.2) is 11.6 Å². The van der Waals surface area contributed by atoms with Gasteiger partial charge in [-0.1, -0.05) is 0 Å². The molecule has 0 fully saturated rings. The van der Waals surface area contributed by atoms with Gasteiger partial charge in [-0.15, -0.1) is 0 Å². The largest absolute Gasteiger partial charge is 0.463 e. The summed E-state index contributed by atoms with van der Waals surface area (Å²) in [5.74, 6) is -1.93. The first-order chi connectivity index (χ1) is 5.66. The summed E-state index contributed by atoms with van der Waals surface area (Å²) in [7, 11) is 0. The molecule has 0 amide bonds. The van der Waals surface area contributed by atoms with E-state index < -0.39 is 18.5 Å². The van der Waals surface area contributed by atoms with Gasteiger partial charge in [0.25, 0.3) is 0 Å². The summed E-state index contributed by atoms with van der Waals surface area (Å²) in [6, 6.07) is 2.08. The molecule has 0 aliphatic carbocycles. The summed E-state index contributed by atoms with van der Waals surface area (Å²) in [5, 5.41) is 0. The topological polar surface area (TPSA) is 9.23 Å². The second kappa shape index (κ2) is 3.47. The SMILES string of the molecule is Cc1c(OCF)ccc(F)c1F. The molecule has 66 valence electrons. The van der Waals surface area contributed by atoms with Gasteiger partial charge in [-0.2, -0.15) is 0 Å². The minimum atomic E-state index is -1.05. The molecule has 0 atom stereocenters. The van der Waals surface area contributed by atoms with E-state index >= 15 is 0 Å². The highest BCUT2D eigenvalue weighted by molar-refractivity contribution is 5.33. The third-order valence-electron chi connectivity index (χ3n) is 1.50. The summed E-state index contributed by atoms with van der Waals surface area (Å²) in [6.45, 7) is 0.273. The fourth-order valence-corrected chi connectivity index (χ4v) is 0.849. The number of hydrogen-bond donors (Lipinski definition) is 0. The monoisotopic (exact) mass is 176 g/mol. The molecule has 1 rings (SSSR count). The maximum atomic E-state index is 12.7. The minimum absolute atomic E-state index is 0.0207. The Kier molecular flexibility index (Phi) is 2.58. The Balaban J connectivity index is 3.08. The van der Waals surface area contributed by atoms with Crippen LogP contribution >= 0.6 is 0 Å². The van der Waals surface area contributed by atoms with E-state index in [-0.39, 0.29) is 11.3 Å². The lowest BCUT2D eigenvalue weighted by molar-refractivity contribution is 0.189. The average molecular weight is 176 g/mol. The van der Waals surface area contributed by atoms with Crippen molar-refractivity contribution >= 4 is 0 Å². The predicted molar refractivity (Wildman–Crippen MR) is 37.7 cm³/mol. The highest BCUT2D eigenvalue weighted by Crippen LogP contribution is 2.22. The number of rotatable bonds is 2. The summed E-state index contributed by atoms with van der Waals surface area (Å²) in [6.07, 6.45) is 0. The molecular weight excluding hydrogens is 169 g/mol. The Hall–Kier alpha value is -1.19. The Labute approximate surface area is 67.8 Å². The molecule has 0 aliphatic heterocycles. The molecule has 0 aromatic heterocycles. The molecule has 0 heterocycles. The maximum Gasteiger partial charge on any atom is 0.228 e. The van der Waals surface area contributed by atoms with Gasteiger partial charge < -0.3 is 4.74 Å². The quantitative estimate of drug-likeness (QED) is 0.672. The van der Waals surface area contributed by atoms with Crippen LogP contribution in [0.4, 0.5) is 13.2 Å². The third-order valence-corrected chi connectivity index (χ3v) is 1.50. The molecule has 1 nitrogen and oxygen atoms in total. The van der Waals surface area contributed by atoms with E-state index in [1.165, 1.54) is 13.0 Å². The van der Waals surface area contributed by atoms with Crippen LogP contribution in [0.15, 0.2) is 12.1 Å². The zero-order valence-corrected chi connectivity index (χ0v) is 6.40. The zero-order chi connectivity index (χ0) is 9.14. The Bertz CT molecular complexity index is 286. The lowest BCUT2D eigenvalue weighted by atomic mass is 10.2. The molecule has 0 saturated heterocycles. The van der Waals surface area contributed by atoms with E-state index in [9.17, 15) is 13.2 Å². The van der Waals surface area contributed by atoms with Gasteiger partial charge in [-0.05, 0) is 19.1 Å². The van der Waals surface area contributed by atoms with E-state index in [0.29, 0.717) is 0 Å². The van der Waals surface area contributed by atoms with Crippen molar-refractivity contribution in [2.75, 3.05) is 6.86 Å². The molecule has 4 heteroatoms. The molecule has 0 saturated carbocycles. The summed E-state index contributed by atoms with van der Waals surface area (Å²) < 4.78 is 41.3. The van der Waals surface area contributed by atoms with Crippen LogP contribution < -0.4 is 4.74 Å². The van der Waals surface area contributed by atoms with Crippen LogP contribution in [0.5, 0.6) is 5.75 Å². The number of halogens is 3. The molecule has 0 aliphatic rings. The van der Waals surface area contributed by atoms with E-state index in [4.69, 9.17) is 0 Å². The summed E-state index contributed by atoms with van der Waals surface area (Å²) in [5.41, 5.74) is -0.0207. The Morgan fingerprint density at radius 1 is 1.33 bits per heavy atom. The van der Waals surface area contributed by atoms with Gasteiger partial charge in [0.2, 0.25) is 6.86 Å². The van der Waals surface area contributed by atoms with Gasteiger partial charge in [0.1, 0.15) is 5.75 Å². The smallest absolute Gasteiger partial charge is 0.228 e. The van der Waals surface area contributed by atoms with Crippen LogP contribution in [0.25, 0.3) is 0 Å². The van der Waals surface area contributed by atoms with Gasteiger partial charge >= 0.3 is 0 Å². The van der Waals surface area contributed by atoms with Crippen LogP contribution in [0.2, 0.25) is 0 Å². The predicted octanol–water partition coefficient (Wildman–Crippen LogP) is 2.58. The van der Waals surface area contributed by atoms with Gasteiger partial charge in [-0.3, -0.25) is 0 Å². The van der Waals surface area contributed by atoms with E-state index in [0.717, 1.165) is 6.07 Å². The van der Waals surface area contributed by atoms with Crippen molar-refractivity contribution in [3.8, 4) is 5.75 Å². The fourth-order valence-electron chi connectivity index (χ4n) is 0.849. The van der Waals surface area contributed by atoms with Crippen LogP contribution in [0.3, 0.4) is 0 Å². The lowest BCUT2D eigenvalue weighted by Crippen LogP contribution is -1.96. The first kappa shape index (κ1) is 8.90. The fraction of sp³-hybridized carbons (Fsp3) is 0.250. The molecule has 0 bridgehead atoms.